The molecule has 0 heterocycles. The van der Waals surface area contributed by atoms with Crippen molar-refractivity contribution < 1.29 is 13.5 Å². The molecule has 0 bridgehead atoms. The Morgan fingerprint density at radius 3 is 2.22 bits per heavy atom. The Morgan fingerprint density at radius 1 is 1.06 bits per heavy atom. The first-order chi connectivity index (χ1) is 8.55. The van der Waals surface area contributed by atoms with E-state index >= 15 is 0 Å². The number of hydrogen-bond acceptors (Lipinski definition) is 3. The molecule has 2 aliphatic carbocycles. The zero-order valence-electron chi connectivity index (χ0n) is 11.0. The molecular weight excluding hydrogens is 250 g/mol. The Bertz CT molecular complexity index is 354. The van der Waals surface area contributed by atoms with Crippen molar-refractivity contribution in [2.24, 2.45) is 5.92 Å². The van der Waals surface area contributed by atoms with Gasteiger partial charge in [-0.15, -0.1) is 0 Å². The quantitative estimate of drug-likeness (QED) is 0.804. The highest BCUT2D eigenvalue weighted by atomic mass is 32.2. The maximum absolute atomic E-state index is 12.2. The SMILES string of the molecule is O=S(=O)(CC1CCCCC1)NC1(CO)CCCC1. The molecule has 2 rings (SSSR count). The van der Waals surface area contributed by atoms with E-state index in [0.717, 1.165) is 51.4 Å². The molecule has 0 radical (unpaired) electrons. The van der Waals surface area contributed by atoms with Crippen LogP contribution in [0.4, 0.5) is 0 Å². The number of nitrogens with one attached hydrogen (secondary N) is 1. The van der Waals surface area contributed by atoms with Crippen molar-refractivity contribution in [1.29, 1.82) is 0 Å². The molecule has 2 saturated carbocycles. The van der Waals surface area contributed by atoms with E-state index in [1.165, 1.54) is 6.42 Å². The summed E-state index contributed by atoms with van der Waals surface area (Å²) in [5.41, 5.74) is -0.562. The van der Waals surface area contributed by atoms with Crippen LogP contribution in [0.5, 0.6) is 0 Å². The van der Waals surface area contributed by atoms with Crippen molar-refractivity contribution in [3.8, 4) is 0 Å². The molecule has 0 spiro atoms. The van der Waals surface area contributed by atoms with Crippen molar-refractivity contribution in [2.75, 3.05) is 12.4 Å². The van der Waals surface area contributed by atoms with Crippen LogP contribution in [0.3, 0.4) is 0 Å². The van der Waals surface area contributed by atoms with Gasteiger partial charge in [0.1, 0.15) is 0 Å². The third-order valence-electron chi connectivity index (χ3n) is 4.42. The molecular formula is C13H25NO3S. The van der Waals surface area contributed by atoms with Gasteiger partial charge in [0, 0.05) is 0 Å². The molecule has 2 fully saturated rings. The summed E-state index contributed by atoms with van der Waals surface area (Å²) in [5.74, 6) is 0.558. The summed E-state index contributed by atoms with van der Waals surface area (Å²) in [4.78, 5) is 0. The minimum atomic E-state index is -3.25. The van der Waals surface area contributed by atoms with Crippen LogP contribution in [-0.4, -0.2) is 31.4 Å². The molecule has 0 unspecified atom stereocenters. The fourth-order valence-electron chi connectivity index (χ4n) is 3.38. The fourth-order valence-corrected chi connectivity index (χ4v) is 5.35. The second-order valence-electron chi connectivity index (χ2n) is 6.03. The molecule has 4 nitrogen and oxygen atoms in total. The smallest absolute Gasteiger partial charge is 0.212 e. The Balaban J connectivity index is 1.93. The number of aliphatic hydroxyl groups is 1. The highest BCUT2D eigenvalue weighted by Gasteiger charge is 2.37. The van der Waals surface area contributed by atoms with E-state index in [2.05, 4.69) is 4.72 Å². The number of rotatable bonds is 5. The minimum Gasteiger partial charge on any atom is -0.394 e. The lowest BCUT2D eigenvalue weighted by atomic mass is 9.91. The highest BCUT2D eigenvalue weighted by molar-refractivity contribution is 7.89. The van der Waals surface area contributed by atoms with Crippen LogP contribution in [0, 0.1) is 5.92 Å². The predicted octanol–water partition coefficient (Wildman–Crippen LogP) is 1.79. The monoisotopic (exact) mass is 275 g/mol. The average molecular weight is 275 g/mol. The largest absolute Gasteiger partial charge is 0.394 e. The summed E-state index contributed by atoms with van der Waals surface area (Å²) < 4.78 is 27.2. The van der Waals surface area contributed by atoms with Crippen molar-refractivity contribution in [3.63, 3.8) is 0 Å². The molecule has 5 heteroatoms. The molecule has 0 aromatic heterocycles. The molecule has 2 aliphatic rings. The first-order valence-electron chi connectivity index (χ1n) is 7.18. The van der Waals surface area contributed by atoms with Gasteiger partial charge in [-0.1, -0.05) is 32.1 Å². The van der Waals surface area contributed by atoms with Gasteiger partial charge in [-0.05, 0) is 31.6 Å². The van der Waals surface area contributed by atoms with Crippen LogP contribution in [-0.2, 0) is 10.0 Å². The van der Waals surface area contributed by atoms with Gasteiger partial charge < -0.3 is 5.11 Å². The van der Waals surface area contributed by atoms with E-state index in [4.69, 9.17) is 0 Å². The topological polar surface area (TPSA) is 66.4 Å². The van der Waals surface area contributed by atoms with Crippen LogP contribution in [0.15, 0.2) is 0 Å². The lowest BCUT2D eigenvalue weighted by Gasteiger charge is -2.29. The van der Waals surface area contributed by atoms with E-state index < -0.39 is 15.6 Å². The second-order valence-corrected chi connectivity index (χ2v) is 7.80. The summed E-state index contributed by atoms with van der Waals surface area (Å²) in [6, 6.07) is 0. The summed E-state index contributed by atoms with van der Waals surface area (Å²) in [6.07, 6.45) is 9.18. The Hall–Kier alpha value is -0.130. The molecule has 0 atom stereocenters. The normalized spacial score (nSPS) is 25.4. The van der Waals surface area contributed by atoms with Crippen LogP contribution in [0.2, 0.25) is 0 Å². The lowest BCUT2D eigenvalue weighted by molar-refractivity contribution is 0.185. The second kappa shape index (κ2) is 5.88. The zero-order chi connectivity index (χ0) is 13.1. The predicted molar refractivity (Wildman–Crippen MR) is 71.8 cm³/mol. The average Bonchev–Trinajstić information content (AvgIpc) is 2.78. The van der Waals surface area contributed by atoms with Gasteiger partial charge >= 0.3 is 0 Å². The van der Waals surface area contributed by atoms with Crippen LogP contribution >= 0.6 is 0 Å². The van der Waals surface area contributed by atoms with Gasteiger partial charge in [0.15, 0.2) is 0 Å². The van der Waals surface area contributed by atoms with Gasteiger partial charge in [0.2, 0.25) is 10.0 Å². The first-order valence-corrected chi connectivity index (χ1v) is 8.83. The van der Waals surface area contributed by atoms with Gasteiger partial charge in [-0.3, -0.25) is 0 Å². The Labute approximate surface area is 110 Å². The summed E-state index contributed by atoms with van der Waals surface area (Å²) in [5, 5.41) is 9.46. The first kappa shape index (κ1) is 14.3. The van der Waals surface area contributed by atoms with Crippen molar-refractivity contribution >= 4 is 10.0 Å². The van der Waals surface area contributed by atoms with Crippen LogP contribution < -0.4 is 4.72 Å². The molecule has 106 valence electrons. The van der Waals surface area contributed by atoms with Crippen molar-refractivity contribution in [1.82, 2.24) is 4.72 Å². The van der Waals surface area contributed by atoms with E-state index in [0.29, 0.717) is 5.92 Å². The Kier molecular flexibility index (Phi) is 4.67. The summed E-state index contributed by atoms with van der Waals surface area (Å²) in [7, 11) is -3.25. The minimum absolute atomic E-state index is 0.0725. The van der Waals surface area contributed by atoms with E-state index in [1.54, 1.807) is 0 Å². The van der Waals surface area contributed by atoms with Gasteiger partial charge in [-0.2, -0.15) is 0 Å². The zero-order valence-corrected chi connectivity index (χ0v) is 11.8. The summed E-state index contributed by atoms with van der Waals surface area (Å²) >= 11 is 0. The molecule has 0 amide bonds. The van der Waals surface area contributed by atoms with Crippen molar-refractivity contribution in [2.45, 2.75) is 63.3 Å². The summed E-state index contributed by atoms with van der Waals surface area (Å²) in [6.45, 7) is -0.0725. The number of aliphatic hydroxyl groups excluding tert-OH is 1. The van der Waals surface area contributed by atoms with Crippen molar-refractivity contribution in [3.05, 3.63) is 0 Å². The van der Waals surface area contributed by atoms with E-state index in [1.807, 2.05) is 0 Å². The molecule has 0 aromatic carbocycles. The third-order valence-corrected chi connectivity index (χ3v) is 6.07. The molecule has 0 aromatic rings. The van der Waals surface area contributed by atoms with Gasteiger partial charge in [0.25, 0.3) is 0 Å². The fraction of sp³-hybridized carbons (Fsp3) is 1.00. The van der Waals surface area contributed by atoms with Crippen LogP contribution in [0.1, 0.15) is 57.8 Å². The third kappa shape index (κ3) is 3.68. The Morgan fingerprint density at radius 2 is 1.67 bits per heavy atom. The lowest BCUT2D eigenvalue weighted by Crippen LogP contribution is -2.50. The molecule has 0 aliphatic heterocycles. The molecule has 0 saturated heterocycles. The van der Waals surface area contributed by atoms with Gasteiger partial charge in [0.05, 0.1) is 17.9 Å². The molecule has 2 N–H and O–H groups in total. The maximum Gasteiger partial charge on any atom is 0.212 e. The maximum atomic E-state index is 12.2. The van der Waals surface area contributed by atoms with Crippen LogP contribution in [0.25, 0.3) is 0 Å². The highest BCUT2D eigenvalue weighted by Crippen LogP contribution is 2.31. The number of hydrogen-bond donors (Lipinski definition) is 2. The molecule has 18 heavy (non-hydrogen) atoms. The van der Waals surface area contributed by atoms with E-state index in [9.17, 15) is 13.5 Å². The van der Waals surface area contributed by atoms with Gasteiger partial charge in [-0.25, -0.2) is 13.1 Å². The number of sulfonamides is 1. The standard InChI is InChI=1S/C13H25NO3S/c15-11-13(8-4-5-9-13)14-18(16,17)10-12-6-2-1-3-7-12/h12,14-15H,1-11H2. The van der Waals surface area contributed by atoms with E-state index in [-0.39, 0.29) is 12.4 Å².